The summed E-state index contributed by atoms with van der Waals surface area (Å²) < 4.78 is 0. The predicted molar refractivity (Wildman–Crippen MR) is 245 cm³/mol. The Bertz CT molecular complexity index is 2600. The number of hydrogen-bond acceptors (Lipinski definition) is 4. The highest BCUT2D eigenvalue weighted by Gasteiger charge is 2.22. The standard InChI is InChI=1S/C54H46N4/c1-37(2)39-21-25-43(26-22-39)57(51-19-11-13-33-55-51)45-29-31-47-49(35-45)53(41-15-7-5-8-16-41)48-32-30-46(36-50(48)54(47)42-17-9-6-10-18-42)58(52-20-12-14-34-56-52)44-27-23-40(24-28-44)38(3)4/h5-38H,1-4H3. The molecule has 0 saturated carbocycles. The van der Waals surface area contributed by atoms with Crippen LogP contribution >= 0.6 is 0 Å². The first-order valence-electron chi connectivity index (χ1n) is 20.2. The molecule has 2 aromatic heterocycles. The van der Waals surface area contributed by atoms with Gasteiger partial charge in [-0.1, -0.05) is 137 Å². The normalized spacial score (nSPS) is 11.4. The molecule has 0 saturated heterocycles. The molecule has 9 aromatic rings. The molecule has 0 atom stereocenters. The van der Waals surface area contributed by atoms with E-state index in [9.17, 15) is 0 Å². The molecule has 0 bridgehead atoms. The third-order valence-corrected chi connectivity index (χ3v) is 11.1. The lowest BCUT2D eigenvalue weighted by atomic mass is 9.85. The van der Waals surface area contributed by atoms with Gasteiger partial charge in [0.15, 0.2) is 0 Å². The van der Waals surface area contributed by atoms with Gasteiger partial charge >= 0.3 is 0 Å². The van der Waals surface area contributed by atoms with Gasteiger partial charge in [-0.05, 0) is 140 Å². The summed E-state index contributed by atoms with van der Waals surface area (Å²) in [6, 6.07) is 65.5. The summed E-state index contributed by atoms with van der Waals surface area (Å²) in [4.78, 5) is 14.3. The lowest BCUT2D eigenvalue weighted by molar-refractivity contribution is 0.866. The lowest BCUT2D eigenvalue weighted by Crippen LogP contribution is -2.12. The van der Waals surface area contributed by atoms with Crippen LogP contribution in [0.1, 0.15) is 50.7 Å². The first kappa shape index (κ1) is 36.6. The molecule has 282 valence electrons. The molecule has 0 unspecified atom stereocenters. The summed E-state index contributed by atoms with van der Waals surface area (Å²) in [7, 11) is 0. The van der Waals surface area contributed by atoms with E-state index >= 15 is 0 Å². The first-order chi connectivity index (χ1) is 28.4. The topological polar surface area (TPSA) is 32.3 Å². The maximum atomic E-state index is 4.87. The fraction of sp³-hybridized carbons (Fsp3) is 0.111. The van der Waals surface area contributed by atoms with Crippen LogP contribution in [-0.2, 0) is 0 Å². The maximum absolute atomic E-state index is 4.87. The molecule has 4 heteroatoms. The number of rotatable bonds is 10. The average Bonchev–Trinajstić information content (AvgIpc) is 3.27. The molecule has 7 aromatic carbocycles. The van der Waals surface area contributed by atoms with Crippen LogP contribution in [0.2, 0.25) is 0 Å². The Labute approximate surface area is 341 Å². The number of pyridine rings is 2. The summed E-state index contributed by atoms with van der Waals surface area (Å²) >= 11 is 0. The van der Waals surface area contributed by atoms with Gasteiger partial charge in [0.2, 0.25) is 0 Å². The SMILES string of the molecule is CC(C)c1ccc(N(c2ccc3c(-c4ccccc4)c4cc(N(c5ccc(C(C)C)cc5)c5ccccn5)ccc4c(-c4ccccc4)c3c2)c2ccccn2)cc1. The van der Waals surface area contributed by atoms with Gasteiger partial charge in [-0.2, -0.15) is 0 Å². The molecule has 9 rings (SSSR count). The number of benzene rings is 7. The number of nitrogens with zero attached hydrogens (tertiary/aromatic N) is 4. The van der Waals surface area contributed by atoms with Crippen LogP contribution in [0, 0.1) is 0 Å². The van der Waals surface area contributed by atoms with Crippen molar-refractivity contribution >= 4 is 55.9 Å². The highest BCUT2D eigenvalue weighted by Crippen LogP contribution is 2.48. The van der Waals surface area contributed by atoms with Gasteiger partial charge in [0.05, 0.1) is 0 Å². The van der Waals surface area contributed by atoms with Crippen molar-refractivity contribution in [1.82, 2.24) is 9.97 Å². The second-order valence-corrected chi connectivity index (χ2v) is 15.5. The maximum Gasteiger partial charge on any atom is 0.137 e. The van der Waals surface area contributed by atoms with E-state index in [4.69, 9.17) is 9.97 Å². The molecular weight excluding hydrogens is 705 g/mol. The second kappa shape index (κ2) is 15.8. The van der Waals surface area contributed by atoms with Crippen LogP contribution in [0.25, 0.3) is 43.8 Å². The Balaban J connectivity index is 1.33. The van der Waals surface area contributed by atoms with E-state index in [0.29, 0.717) is 11.8 Å². The Morgan fingerprint density at radius 3 is 1.05 bits per heavy atom. The third kappa shape index (κ3) is 6.99. The Kier molecular flexibility index (Phi) is 9.99. The number of aromatic nitrogens is 2. The van der Waals surface area contributed by atoms with Gasteiger partial charge in [-0.15, -0.1) is 0 Å². The van der Waals surface area contributed by atoms with Crippen molar-refractivity contribution in [2.24, 2.45) is 0 Å². The van der Waals surface area contributed by atoms with Gasteiger partial charge in [0.25, 0.3) is 0 Å². The van der Waals surface area contributed by atoms with Crippen molar-refractivity contribution in [3.8, 4) is 22.3 Å². The van der Waals surface area contributed by atoms with Gasteiger partial charge in [-0.25, -0.2) is 9.97 Å². The molecule has 58 heavy (non-hydrogen) atoms. The third-order valence-electron chi connectivity index (χ3n) is 11.1. The smallest absolute Gasteiger partial charge is 0.137 e. The highest BCUT2D eigenvalue weighted by atomic mass is 15.2. The van der Waals surface area contributed by atoms with E-state index in [0.717, 1.165) is 34.4 Å². The molecule has 0 aliphatic carbocycles. The summed E-state index contributed by atoms with van der Waals surface area (Å²) in [6.45, 7) is 8.94. The van der Waals surface area contributed by atoms with Crippen LogP contribution < -0.4 is 9.80 Å². The van der Waals surface area contributed by atoms with Crippen molar-refractivity contribution < 1.29 is 0 Å². The van der Waals surface area contributed by atoms with Crippen molar-refractivity contribution in [2.75, 3.05) is 9.80 Å². The van der Waals surface area contributed by atoms with E-state index in [-0.39, 0.29) is 0 Å². The average molecular weight is 751 g/mol. The predicted octanol–water partition coefficient (Wildman–Crippen LogP) is 15.3. The van der Waals surface area contributed by atoms with Gasteiger partial charge < -0.3 is 0 Å². The number of hydrogen-bond donors (Lipinski definition) is 0. The largest absolute Gasteiger partial charge is 0.295 e. The van der Waals surface area contributed by atoms with E-state index in [1.54, 1.807) is 0 Å². The summed E-state index contributed by atoms with van der Waals surface area (Å²) in [5.41, 5.74) is 11.5. The van der Waals surface area contributed by atoms with Crippen molar-refractivity contribution in [3.63, 3.8) is 0 Å². The molecule has 0 aliphatic rings. The first-order valence-corrected chi connectivity index (χ1v) is 20.2. The molecule has 0 fully saturated rings. The van der Waals surface area contributed by atoms with Crippen LogP contribution in [-0.4, -0.2) is 9.97 Å². The fourth-order valence-corrected chi connectivity index (χ4v) is 8.13. The Hall–Kier alpha value is -7.04. The van der Waals surface area contributed by atoms with Crippen molar-refractivity contribution in [3.05, 3.63) is 206 Å². The summed E-state index contributed by atoms with van der Waals surface area (Å²) in [5.74, 6) is 2.62. The molecule has 4 nitrogen and oxygen atoms in total. The van der Waals surface area contributed by atoms with Crippen molar-refractivity contribution in [2.45, 2.75) is 39.5 Å². The molecule has 0 aliphatic heterocycles. The molecule has 0 N–H and O–H groups in total. The molecule has 0 spiro atoms. The minimum absolute atomic E-state index is 0.443. The highest BCUT2D eigenvalue weighted by molar-refractivity contribution is 6.22. The van der Waals surface area contributed by atoms with E-state index in [1.165, 1.54) is 54.9 Å². The van der Waals surface area contributed by atoms with Crippen LogP contribution in [0.5, 0.6) is 0 Å². The lowest BCUT2D eigenvalue weighted by Gasteiger charge is -2.27. The fourth-order valence-electron chi connectivity index (χ4n) is 8.13. The van der Waals surface area contributed by atoms with E-state index in [2.05, 4.69) is 207 Å². The molecule has 2 heterocycles. The van der Waals surface area contributed by atoms with Crippen LogP contribution in [0.4, 0.5) is 34.4 Å². The van der Waals surface area contributed by atoms with Gasteiger partial charge in [-0.3, -0.25) is 9.80 Å². The molecular formula is C54H46N4. The van der Waals surface area contributed by atoms with Crippen molar-refractivity contribution in [1.29, 1.82) is 0 Å². The Morgan fingerprint density at radius 2 is 0.707 bits per heavy atom. The molecule has 0 amide bonds. The minimum atomic E-state index is 0.443. The van der Waals surface area contributed by atoms with Crippen LogP contribution in [0.3, 0.4) is 0 Å². The monoisotopic (exact) mass is 750 g/mol. The summed E-state index contributed by atoms with van der Waals surface area (Å²) in [5, 5.41) is 4.71. The zero-order chi connectivity index (χ0) is 39.6. The summed E-state index contributed by atoms with van der Waals surface area (Å²) in [6.07, 6.45) is 3.74. The Morgan fingerprint density at radius 1 is 0.345 bits per heavy atom. The van der Waals surface area contributed by atoms with E-state index < -0.39 is 0 Å². The zero-order valence-corrected chi connectivity index (χ0v) is 33.4. The quantitative estimate of drug-likeness (QED) is 0.130. The minimum Gasteiger partial charge on any atom is -0.295 e. The number of anilines is 6. The van der Waals surface area contributed by atoms with Gasteiger partial charge in [0.1, 0.15) is 11.6 Å². The zero-order valence-electron chi connectivity index (χ0n) is 33.4. The molecule has 0 radical (unpaired) electrons. The second-order valence-electron chi connectivity index (χ2n) is 15.5. The van der Waals surface area contributed by atoms with E-state index in [1.807, 2.05) is 24.5 Å². The van der Waals surface area contributed by atoms with Crippen LogP contribution in [0.15, 0.2) is 194 Å². The van der Waals surface area contributed by atoms with Gasteiger partial charge in [0, 0.05) is 35.1 Å². The number of fused-ring (bicyclic) bond motifs is 2.